The molecule has 7 nitrogen and oxygen atoms in total. The predicted molar refractivity (Wildman–Crippen MR) is 158 cm³/mol. The molecule has 0 aliphatic carbocycles. The molecular weight excluding hydrogens is 578 g/mol. The minimum absolute atomic E-state index is 0.382. The fraction of sp³-hybridized carbons (Fsp3) is 0.129. The van der Waals surface area contributed by atoms with Gasteiger partial charge in [-0.3, -0.25) is 9.99 Å². The number of aromatic nitrogens is 1. The van der Waals surface area contributed by atoms with Gasteiger partial charge in [-0.15, -0.1) is 11.3 Å². The Morgan fingerprint density at radius 3 is 2.49 bits per heavy atom. The van der Waals surface area contributed by atoms with E-state index < -0.39 is 41.3 Å². The zero-order valence-electron chi connectivity index (χ0n) is 22.6. The molecule has 43 heavy (non-hydrogen) atoms. The summed E-state index contributed by atoms with van der Waals surface area (Å²) < 4.78 is 59.5. The summed E-state index contributed by atoms with van der Waals surface area (Å²) in [7, 11) is 0. The molecule has 0 aliphatic heterocycles. The molecule has 4 aromatic rings. The van der Waals surface area contributed by atoms with Gasteiger partial charge in [0.05, 0.1) is 27.3 Å². The first-order chi connectivity index (χ1) is 20.6. The van der Waals surface area contributed by atoms with Crippen LogP contribution in [0.4, 0.5) is 17.6 Å². The van der Waals surface area contributed by atoms with Crippen LogP contribution < -0.4 is 17.0 Å². The Hall–Kier alpha value is -5.17. The first-order valence-electron chi connectivity index (χ1n) is 12.7. The van der Waals surface area contributed by atoms with Gasteiger partial charge in [0.1, 0.15) is 23.7 Å². The lowest BCUT2D eigenvalue weighted by Crippen LogP contribution is -2.40. The van der Waals surface area contributed by atoms with E-state index in [2.05, 4.69) is 39.9 Å². The molecule has 0 saturated heterocycles. The van der Waals surface area contributed by atoms with Crippen LogP contribution in [0.2, 0.25) is 0 Å². The van der Waals surface area contributed by atoms with E-state index in [0.29, 0.717) is 29.4 Å². The van der Waals surface area contributed by atoms with E-state index in [9.17, 15) is 8.78 Å². The van der Waals surface area contributed by atoms with Crippen molar-refractivity contribution in [2.24, 2.45) is 16.8 Å². The average Bonchev–Trinajstić information content (AvgIpc) is 3.48. The molecule has 0 spiro atoms. The second-order valence-electron chi connectivity index (χ2n) is 9.29. The quantitative estimate of drug-likeness (QED) is 0.0558. The number of hydrogen-bond acceptors (Lipinski definition) is 7. The normalized spacial score (nSPS) is 11.8. The van der Waals surface area contributed by atoms with E-state index in [4.69, 9.17) is 16.9 Å². The lowest BCUT2D eigenvalue weighted by molar-refractivity contribution is -0.0443. The summed E-state index contributed by atoms with van der Waals surface area (Å²) in [4.78, 5) is 5.50. The maximum Gasteiger partial charge on any atom is 0.298 e. The Kier molecular flexibility index (Phi) is 9.78. The molecule has 2 heterocycles. The first-order valence-corrected chi connectivity index (χ1v) is 13.5. The van der Waals surface area contributed by atoms with Gasteiger partial charge in [-0.2, -0.15) is 19.1 Å². The van der Waals surface area contributed by atoms with E-state index in [1.54, 1.807) is 12.1 Å². The number of nitrogens with one attached hydrogen (secondary N) is 1. The summed E-state index contributed by atoms with van der Waals surface area (Å²) in [5.74, 6) is 9.03. The van der Waals surface area contributed by atoms with Crippen LogP contribution in [0.3, 0.4) is 0 Å². The van der Waals surface area contributed by atoms with E-state index >= 15 is 8.78 Å². The average molecular weight is 604 g/mol. The standard InChI is InChI=1S/C31H25F4N7S/c1-20(39-16-22-4-2-21(15-36)3-5-22)29-12-10-25(43-29)9-6-23-7-13-30(40-17-23)31(34,35)27(18-42(38)19-41-37)26-11-8-24(32)14-28(26)33/h2-5,7-8,10-14,17,19,27,39H,1,16,18,37-38H2/b41-19-. The maximum absolute atomic E-state index is 15.7. The number of hydrogen-bond donors (Lipinski definition) is 3. The van der Waals surface area contributed by atoms with E-state index in [-0.39, 0.29) is 0 Å². The Morgan fingerprint density at radius 1 is 1.09 bits per heavy atom. The summed E-state index contributed by atoms with van der Waals surface area (Å²) in [6, 6.07) is 17.9. The Morgan fingerprint density at radius 2 is 1.84 bits per heavy atom. The van der Waals surface area contributed by atoms with Crippen molar-refractivity contribution in [3.8, 4) is 17.9 Å². The van der Waals surface area contributed by atoms with Crippen LogP contribution in [0.25, 0.3) is 5.70 Å². The Bertz CT molecular complexity index is 1720. The summed E-state index contributed by atoms with van der Waals surface area (Å²) in [5.41, 5.74) is 1.58. The number of alkyl halides is 2. The van der Waals surface area contributed by atoms with Crippen molar-refractivity contribution in [1.82, 2.24) is 15.3 Å². The van der Waals surface area contributed by atoms with Gasteiger partial charge < -0.3 is 11.2 Å². The zero-order chi connectivity index (χ0) is 31.0. The highest BCUT2D eigenvalue weighted by molar-refractivity contribution is 7.13. The highest BCUT2D eigenvalue weighted by Crippen LogP contribution is 2.42. The summed E-state index contributed by atoms with van der Waals surface area (Å²) in [6.45, 7) is 4.01. The lowest BCUT2D eigenvalue weighted by Gasteiger charge is -2.29. The molecule has 218 valence electrons. The van der Waals surface area contributed by atoms with Crippen molar-refractivity contribution in [3.63, 3.8) is 0 Å². The number of hydrazone groups is 1. The van der Waals surface area contributed by atoms with Crippen molar-refractivity contribution in [3.05, 3.63) is 129 Å². The number of pyridine rings is 1. The predicted octanol–water partition coefficient (Wildman–Crippen LogP) is 5.41. The number of nitrogens with two attached hydrogens (primary N) is 2. The lowest BCUT2D eigenvalue weighted by atomic mass is 9.89. The minimum atomic E-state index is -3.71. The maximum atomic E-state index is 15.7. The third kappa shape index (κ3) is 7.77. The monoisotopic (exact) mass is 603 g/mol. The van der Waals surface area contributed by atoms with Gasteiger partial charge in [0, 0.05) is 36.6 Å². The Balaban J connectivity index is 1.47. The van der Waals surface area contributed by atoms with Crippen molar-refractivity contribution in [1.29, 1.82) is 5.26 Å². The van der Waals surface area contributed by atoms with Crippen molar-refractivity contribution >= 4 is 23.4 Å². The molecule has 12 heteroatoms. The molecule has 2 aromatic heterocycles. The van der Waals surface area contributed by atoms with Crippen LogP contribution in [0.1, 0.15) is 43.6 Å². The van der Waals surface area contributed by atoms with Gasteiger partial charge in [0.15, 0.2) is 0 Å². The van der Waals surface area contributed by atoms with Gasteiger partial charge in [-0.25, -0.2) is 14.6 Å². The van der Waals surface area contributed by atoms with Gasteiger partial charge in [-0.05, 0) is 53.6 Å². The highest BCUT2D eigenvalue weighted by Gasteiger charge is 2.45. The summed E-state index contributed by atoms with van der Waals surface area (Å²) in [5, 5.41) is 16.1. The SMILES string of the molecule is C=C(NCc1ccc(C#N)cc1)c1ccc(C#Cc2ccc(C(F)(F)C(CN(N)/C=N\N)c3ccc(F)cc3F)nc2)s1. The number of hydrazine groups is 1. The molecular formula is C31H25F4N7S. The molecule has 0 radical (unpaired) electrons. The Labute approximate surface area is 249 Å². The molecule has 4 rings (SSSR count). The van der Waals surface area contributed by atoms with Crippen LogP contribution in [0.15, 0.2) is 84.6 Å². The van der Waals surface area contributed by atoms with Gasteiger partial charge in [0.25, 0.3) is 5.92 Å². The smallest absolute Gasteiger partial charge is 0.298 e. The molecule has 0 aliphatic rings. The number of rotatable bonds is 10. The zero-order valence-corrected chi connectivity index (χ0v) is 23.4. The van der Waals surface area contributed by atoms with Crippen molar-refractivity contribution < 1.29 is 17.6 Å². The van der Waals surface area contributed by atoms with Crippen LogP contribution in [-0.4, -0.2) is 22.9 Å². The van der Waals surface area contributed by atoms with Crippen molar-refractivity contribution in [2.75, 3.05) is 6.54 Å². The topological polar surface area (TPSA) is 116 Å². The minimum Gasteiger partial charge on any atom is -0.380 e. The first kappa shape index (κ1) is 30.8. The summed E-state index contributed by atoms with van der Waals surface area (Å²) >= 11 is 1.40. The molecule has 1 atom stereocenters. The molecule has 2 aromatic carbocycles. The third-order valence-corrected chi connectivity index (χ3v) is 7.37. The van der Waals surface area contributed by atoms with Crippen LogP contribution in [0.5, 0.6) is 0 Å². The van der Waals surface area contributed by atoms with Gasteiger partial charge in [0.2, 0.25) is 0 Å². The molecule has 1 unspecified atom stereocenters. The molecule has 0 amide bonds. The third-order valence-electron chi connectivity index (χ3n) is 6.31. The van der Waals surface area contributed by atoms with E-state index in [1.165, 1.54) is 23.6 Å². The molecule has 0 bridgehead atoms. The second kappa shape index (κ2) is 13.7. The van der Waals surface area contributed by atoms with Gasteiger partial charge >= 0.3 is 0 Å². The number of nitrogens with zero attached hydrogens (tertiary/aromatic N) is 4. The molecule has 0 fully saturated rings. The summed E-state index contributed by atoms with van der Waals surface area (Å²) in [6.07, 6.45) is 2.11. The van der Waals surface area contributed by atoms with E-state index in [1.807, 2.05) is 24.3 Å². The van der Waals surface area contributed by atoms with E-state index in [0.717, 1.165) is 44.9 Å². The van der Waals surface area contributed by atoms with Crippen molar-refractivity contribution in [2.45, 2.75) is 18.4 Å². The highest BCUT2D eigenvalue weighted by atomic mass is 32.1. The van der Waals surface area contributed by atoms with Crippen LogP contribution in [0, 0.1) is 34.8 Å². The molecule has 5 N–H and O–H groups in total. The number of nitriles is 1. The fourth-order valence-corrected chi connectivity index (χ4v) is 4.88. The van der Waals surface area contributed by atoms with Gasteiger partial charge in [-0.1, -0.05) is 36.6 Å². The number of halogens is 4. The van der Waals surface area contributed by atoms with Crippen LogP contribution >= 0.6 is 11.3 Å². The molecule has 0 saturated carbocycles. The number of benzene rings is 2. The number of thiophene rings is 1. The second-order valence-corrected chi connectivity index (χ2v) is 10.4. The van der Waals surface area contributed by atoms with Crippen LogP contribution in [-0.2, 0) is 12.5 Å². The largest absolute Gasteiger partial charge is 0.380 e. The fourth-order valence-electron chi connectivity index (χ4n) is 4.07.